The van der Waals surface area contributed by atoms with Crippen LogP contribution in [-0.4, -0.2) is 7.11 Å². The average molecular weight is 232 g/mol. The highest BCUT2D eigenvalue weighted by molar-refractivity contribution is 5.73. The summed E-state index contributed by atoms with van der Waals surface area (Å²) in [5, 5.41) is 3.04. The zero-order valence-electron chi connectivity index (χ0n) is 9.41. The van der Waals surface area contributed by atoms with Crippen molar-refractivity contribution in [2.24, 2.45) is 0 Å². The molecule has 4 heteroatoms. The molecule has 0 bridgehead atoms. The van der Waals surface area contributed by atoms with Crippen molar-refractivity contribution in [1.29, 1.82) is 0 Å². The van der Waals surface area contributed by atoms with Crippen LogP contribution in [0.15, 0.2) is 42.5 Å². The van der Waals surface area contributed by atoms with Crippen molar-refractivity contribution < 1.29 is 9.13 Å². The van der Waals surface area contributed by atoms with E-state index in [4.69, 9.17) is 10.5 Å². The summed E-state index contributed by atoms with van der Waals surface area (Å²) >= 11 is 0. The van der Waals surface area contributed by atoms with Crippen LogP contribution in [0, 0.1) is 5.82 Å². The van der Waals surface area contributed by atoms with Gasteiger partial charge in [0, 0.05) is 11.8 Å². The van der Waals surface area contributed by atoms with Crippen molar-refractivity contribution >= 4 is 17.1 Å². The Labute approximate surface area is 99.0 Å². The van der Waals surface area contributed by atoms with E-state index >= 15 is 0 Å². The minimum atomic E-state index is -0.290. The molecule has 0 radical (unpaired) electrons. The molecule has 0 spiro atoms. The van der Waals surface area contributed by atoms with E-state index in [0.29, 0.717) is 17.1 Å². The zero-order chi connectivity index (χ0) is 12.3. The first-order chi connectivity index (χ1) is 8.19. The van der Waals surface area contributed by atoms with E-state index in [1.165, 1.54) is 12.1 Å². The molecule has 3 N–H and O–H groups in total. The second kappa shape index (κ2) is 4.74. The predicted molar refractivity (Wildman–Crippen MR) is 67.1 cm³/mol. The molecule has 0 fully saturated rings. The van der Waals surface area contributed by atoms with Crippen LogP contribution >= 0.6 is 0 Å². The molecular weight excluding hydrogens is 219 g/mol. The van der Waals surface area contributed by atoms with Crippen molar-refractivity contribution in [3.05, 3.63) is 48.3 Å². The van der Waals surface area contributed by atoms with Crippen molar-refractivity contribution in [3.8, 4) is 5.75 Å². The number of halogens is 1. The van der Waals surface area contributed by atoms with Gasteiger partial charge in [0.15, 0.2) is 0 Å². The first kappa shape index (κ1) is 11.3. The lowest BCUT2D eigenvalue weighted by molar-refractivity contribution is 0.415. The molecule has 0 saturated heterocycles. The van der Waals surface area contributed by atoms with Crippen LogP contribution in [0.25, 0.3) is 0 Å². The van der Waals surface area contributed by atoms with Gasteiger partial charge in [-0.1, -0.05) is 6.07 Å². The topological polar surface area (TPSA) is 47.3 Å². The highest BCUT2D eigenvalue weighted by atomic mass is 19.1. The van der Waals surface area contributed by atoms with Gasteiger partial charge in [-0.3, -0.25) is 0 Å². The number of hydrogen-bond donors (Lipinski definition) is 2. The molecule has 0 unspecified atom stereocenters. The number of benzene rings is 2. The van der Waals surface area contributed by atoms with E-state index in [-0.39, 0.29) is 5.82 Å². The average Bonchev–Trinajstić information content (AvgIpc) is 2.32. The Morgan fingerprint density at radius 2 is 2.00 bits per heavy atom. The van der Waals surface area contributed by atoms with E-state index in [9.17, 15) is 4.39 Å². The van der Waals surface area contributed by atoms with Crippen LogP contribution in [0.2, 0.25) is 0 Å². The summed E-state index contributed by atoms with van der Waals surface area (Å²) in [6.07, 6.45) is 0. The van der Waals surface area contributed by atoms with E-state index in [1.807, 2.05) is 0 Å². The second-order valence-electron chi connectivity index (χ2n) is 3.59. The SMILES string of the molecule is COc1ccc(Nc2cccc(F)c2)c(N)c1. The molecule has 88 valence electrons. The molecule has 17 heavy (non-hydrogen) atoms. The maximum absolute atomic E-state index is 13.0. The number of nitrogen functional groups attached to an aromatic ring is 1. The molecule has 0 aliphatic rings. The minimum absolute atomic E-state index is 0.290. The number of anilines is 3. The molecule has 0 heterocycles. The molecule has 0 amide bonds. The molecule has 0 atom stereocenters. The lowest BCUT2D eigenvalue weighted by Gasteiger charge is -2.10. The number of rotatable bonds is 3. The van der Waals surface area contributed by atoms with Gasteiger partial charge in [-0.05, 0) is 30.3 Å². The number of nitrogens with two attached hydrogens (primary N) is 1. The maximum atomic E-state index is 13.0. The van der Waals surface area contributed by atoms with Crippen LogP contribution < -0.4 is 15.8 Å². The third-order valence-corrected chi connectivity index (χ3v) is 2.36. The first-order valence-corrected chi connectivity index (χ1v) is 5.15. The summed E-state index contributed by atoms with van der Waals surface area (Å²) < 4.78 is 18.0. The van der Waals surface area contributed by atoms with Crippen molar-refractivity contribution in [3.63, 3.8) is 0 Å². The molecule has 2 aromatic rings. The standard InChI is InChI=1S/C13H13FN2O/c1-17-11-5-6-13(12(15)8-11)16-10-4-2-3-9(14)7-10/h2-8,16H,15H2,1H3. The Bertz CT molecular complexity index is 529. The number of ether oxygens (including phenoxy) is 1. The number of nitrogens with one attached hydrogen (secondary N) is 1. The van der Waals surface area contributed by atoms with Crippen LogP contribution in [-0.2, 0) is 0 Å². The fourth-order valence-corrected chi connectivity index (χ4v) is 1.50. The monoisotopic (exact) mass is 232 g/mol. The highest BCUT2D eigenvalue weighted by Gasteiger charge is 2.02. The summed E-state index contributed by atoms with van der Waals surface area (Å²) in [6, 6.07) is 11.5. The lowest BCUT2D eigenvalue weighted by Crippen LogP contribution is -1.97. The summed E-state index contributed by atoms with van der Waals surface area (Å²) in [4.78, 5) is 0. The molecular formula is C13H13FN2O. The van der Waals surface area contributed by atoms with Crippen LogP contribution in [0.5, 0.6) is 5.75 Å². The van der Waals surface area contributed by atoms with E-state index in [2.05, 4.69) is 5.32 Å². The summed E-state index contributed by atoms with van der Waals surface area (Å²) in [5.74, 6) is 0.398. The summed E-state index contributed by atoms with van der Waals surface area (Å²) in [7, 11) is 1.58. The van der Waals surface area contributed by atoms with E-state index < -0.39 is 0 Å². The first-order valence-electron chi connectivity index (χ1n) is 5.15. The third kappa shape index (κ3) is 2.66. The normalized spacial score (nSPS) is 10.0. The molecule has 0 aliphatic carbocycles. The second-order valence-corrected chi connectivity index (χ2v) is 3.59. The third-order valence-electron chi connectivity index (χ3n) is 2.36. The molecule has 0 aromatic heterocycles. The largest absolute Gasteiger partial charge is 0.497 e. The van der Waals surface area contributed by atoms with Crippen LogP contribution in [0.4, 0.5) is 21.5 Å². The smallest absolute Gasteiger partial charge is 0.125 e. The lowest BCUT2D eigenvalue weighted by atomic mass is 10.2. The van der Waals surface area contributed by atoms with Gasteiger partial charge in [-0.2, -0.15) is 0 Å². The highest BCUT2D eigenvalue weighted by Crippen LogP contribution is 2.27. The zero-order valence-corrected chi connectivity index (χ0v) is 9.41. The molecule has 2 aromatic carbocycles. The number of methoxy groups -OCH3 is 1. The molecule has 0 saturated carbocycles. The molecule has 2 rings (SSSR count). The minimum Gasteiger partial charge on any atom is -0.497 e. The van der Waals surface area contributed by atoms with Gasteiger partial charge in [-0.25, -0.2) is 4.39 Å². The van der Waals surface area contributed by atoms with Gasteiger partial charge < -0.3 is 15.8 Å². The van der Waals surface area contributed by atoms with Crippen molar-refractivity contribution in [2.75, 3.05) is 18.2 Å². The predicted octanol–water partition coefficient (Wildman–Crippen LogP) is 3.16. The van der Waals surface area contributed by atoms with Gasteiger partial charge in [0.2, 0.25) is 0 Å². The van der Waals surface area contributed by atoms with Gasteiger partial charge >= 0.3 is 0 Å². The van der Waals surface area contributed by atoms with Gasteiger partial charge in [0.05, 0.1) is 18.5 Å². The Morgan fingerprint density at radius 3 is 2.65 bits per heavy atom. The quantitative estimate of drug-likeness (QED) is 0.799. The van der Waals surface area contributed by atoms with Gasteiger partial charge in [0.1, 0.15) is 11.6 Å². The van der Waals surface area contributed by atoms with E-state index in [0.717, 1.165) is 5.69 Å². The summed E-state index contributed by atoms with van der Waals surface area (Å²) in [5.41, 5.74) is 7.77. The Hall–Kier alpha value is -2.23. The van der Waals surface area contributed by atoms with Gasteiger partial charge in [0.25, 0.3) is 0 Å². The molecule has 3 nitrogen and oxygen atoms in total. The maximum Gasteiger partial charge on any atom is 0.125 e. The number of hydrogen-bond acceptors (Lipinski definition) is 3. The Morgan fingerprint density at radius 1 is 1.18 bits per heavy atom. The van der Waals surface area contributed by atoms with Crippen molar-refractivity contribution in [1.82, 2.24) is 0 Å². The Balaban J connectivity index is 2.24. The van der Waals surface area contributed by atoms with Gasteiger partial charge in [-0.15, -0.1) is 0 Å². The molecule has 0 aliphatic heterocycles. The van der Waals surface area contributed by atoms with Crippen LogP contribution in [0.3, 0.4) is 0 Å². The fourth-order valence-electron chi connectivity index (χ4n) is 1.50. The van der Waals surface area contributed by atoms with E-state index in [1.54, 1.807) is 37.4 Å². The summed E-state index contributed by atoms with van der Waals surface area (Å²) in [6.45, 7) is 0. The fraction of sp³-hybridized carbons (Fsp3) is 0.0769. The van der Waals surface area contributed by atoms with Crippen molar-refractivity contribution in [2.45, 2.75) is 0 Å². The van der Waals surface area contributed by atoms with Crippen LogP contribution in [0.1, 0.15) is 0 Å². The Kier molecular flexibility index (Phi) is 3.14.